The van der Waals surface area contributed by atoms with Crippen molar-refractivity contribution < 1.29 is 4.79 Å². The monoisotopic (exact) mass is 318 g/mol. The van der Waals surface area contributed by atoms with Crippen LogP contribution in [0.5, 0.6) is 0 Å². The van der Waals surface area contributed by atoms with Gasteiger partial charge in [-0.25, -0.2) is 0 Å². The standard InChI is InChI=1S/C16H19ClN4O/c1-3-4-10-21-16(17)14(12(2)20-21)7-8-15(22)19-13-6-5-9-18-11-13/h5-9,11H,3-4,10H2,1-2H3,(H,19,22)/b8-7+. The number of halogens is 1. The number of carbonyl (C=O) groups is 1. The summed E-state index contributed by atoms with van der Waals surface area (Å²) in [5.41, 5.74) is 2.24. The van der Waals surface area contributed by atoms with Crippen molar-refractivity contribution in [2.45, 2.75) is 33.2 Å². The highest BCUT2D eigenvalue weighted by Gasteiger charge is 2.10. The molecule has 0 aromatic carbocycles. The molecule has 2 aromatic rings. The summed E-state index contributed by atoms with van der Waals surface area (Å²) in [4.78, 5) is 15.8. The summed E-state index contributed by atoms with van der Waals surface area (Å²) in [5, 5.41) is 7.70. The molecule has 2 heterocycles. The van der Waals surface area contributed by atoms with Crippen LogP contribution in [0, 0.1) is 6.92 Å². The zero-order valence-corrected chi connectivity index (χ0v) is 13.5. The number of carbonyl (C=O) groups excluding carboxylic acids is 1. The molecule has 22 heavy (non-hydrogen) atoms. The molecule has 0 saturated carbocycles. The van der Waals surface area contributed by atoms with Crippen LogP contribution in [-0.4, -0.2) is 20.7 Å². The maximum Gasteiger partial charge on any atom is 0.248 e. The number of nitrogens with one attached hydrogen (secondary N) is 1. The first kappa shape index (κ1) is 16.2. The SMILES string of the molecule is CCCCn1nc(C)c(/C=C/C(=O)Nc2cccnc2)c1Cl. The molecule has 0 aliphatic heterocycles. The summed E-state index contributed by atoms with van der Waals surface area (Å²) in [6.45, 7) is 4.78. The second kappa shape index (κ2) is 7.75. The van der Waals surface area contributed by atoms with E-state index in [1.807, 2.05) is 6.92 Å². The van der Waals surface area contributed by atoms with Gasteiger partial charge in [-0.1, -0.05) is 24.9 Å². The normalized spacial score (nSPS) is 11.0. The topological polar surface area (TPSA) is 59.8 Å². The first-order valence-corrected chi connectivity index (χ1v) is 7.61. The van der Waals surface area contributed by atoms with Crippen LogP contribution < -0.4 is 5.32 Å². The van der Waals surface area contributed by atoms with E-state index < -0.39 is 0 Å². The van der Waals surface area contributed by atoms with E-state index in [1.54, 1.807) is 35.3 Å². The van der Waals surface area contributed by atoms with Gasteiger partial charge in [-0.15, -0.1) is 0 Å². The van der Waals surface area contributed by atoms with Gasteiger partial charge in [0.2, 0.25) is 5.91 Å². The second-order valence-corrected chi connectivity index (χ2v) is 5.29. The predicted octanol–water partition coefficient (Wildman–Crippen LogP) is 3.69. The minimum atomic E-state index is -0.232. The zero-order valence-electron chi connectivity index (χ0n) is 12.7. The number of aromatic nitrogens is 3. The molecular formula is C16H19ClN4O. The number of rotatable bonds is 6. The number of aryl methyl sites for hydroxylation is 2. The zero-order chi connectivity index (χ0) is 15.9. The fourth-order valence-corrected chi connectivity index (χ4v) is 2.31. The van der Waals surface area contributed by atoms with E-state index in [0.29, 0.717) is 10.8 Å². The van der Waals surface area contributed by atoms with Crippen molar-refractivity contribution in [2.75, 3.05) is 5.32 Å². The second-order valence-electron chi connectivity index (χ2n) is 4.93. The van der Waals surface area contributed by atoms with Crippen LogP contribution in [0.25, 0.3) is 6.08 Å². The maximum atomic E-state index is 11.9. The molecule has 6 heteroatoms. The van der Waals surface area contributed by atoms with E-state index >= 15 is 0 Å². The first-order valence-electron chi connectivity index (χ1n) is 7.23. The fraction of sp³-hybridized carbons (Fsp3) is 0.312. The van der Waals surface area contributed by atoms with Gasteiger partial charge in [0, 0.05) is 24.4 Å². The number of nitrogens with zero attached hydrogens (tertiary/aromatic N) is 3. The van der Waals surface area contributed by atoms with Gasteiger partial charge < -0.3 is 5.32 Å². The highest BCUT2D eigenvalue weighted by Crippen LogP contribution is 2.21. The molecule has 5 nitrogen and oxygen atoms in total. The Kier molecular flexibility index (Phi) is 5.72. The molecule has 2 rings (SSSR count). The highest BCUT2D eigenvalue weighted by atomic mass is 35.5. The van der Waals surface area contributed by atoms with Crippen molar-refractivity contribution in [3.05, 3.63) is 47.0 Å². The van der Waals surface area contributed by atoms with Crippen molar-refractivity contribution >= 4 is 29.3 Å². The molecule has 2 aromatic heterocycles. The van der Waals surface area contributed by atoms with Gasteiger partial charge >= 0.3 is 0 Å². The van der Waals surface area contributed by atoms with E-state index in [9.17, 15) is 4.79 Å². The average Bonchev–Trinajstić information content (AvgIpc) is 2.78. The summed E-state index contributed by atoms with van der Waals surface area (Å²) in [7, 11) is 0. The van der Waals surface area contributed by atoms with Crippen molar-refractivity contribution in [2.24, 2.45) is 0 Å². The third-order valence-corrected chi connectivity index (χ3v) is 3.56. The van der Waals surface area contributed by atoms with Gasteiger partial charge in [-0.3, -0.25) is 14.5 Å². The summed E-state index contributed by atoms with van der Waals surface area (Å²) in [6, 6.07) is 3.54. The molecule has 0 aliphatic carbocycles. The van der Waals surface area contributed by atoms with E-state index in [-0.39, 0.29) is 5.91 Å². The lowest BCUT2D eigenvalue weighted by Crippen LogP contribution is -2.07. The third-order valence-electron chi connectivity index (χ3n) is 3.16. The highest BCUT2D eigenvalue weighted by molar-refractivity contribution is 6.31. The molecule has 116 valence electrons. The summed E-state index contributed by atoms with van der Waals surface area (Å²) < 4.78 is 1.78. The van der Waals surface area contributed by atoms with Crippen LogP contribution in [0.15, 0.2) is 30.6 Å². The maximum absolute atomic E-state index is 11.9. The molecule has 0 atom stereocenters. The van der Waals surface area contributed by atoms with Crippen LogP contribution in [0.1, 0.15) is 31.0 Å². The Bertz CT molecular complexity index is 664. The summed E-state index contributed by atoms with van der Waals surface area (Å²) >= 11 is 6.32. The largest absolute Gasteiger partial charge is 0.321 e. The summed E-state index contributed by atoms with van der Waals surface area (Å²) in [5.74, 6) is -0.232. The fourth-order valence-electron chi connectivity index (χ4n) is 1.99. The Morgan fingerprint density at radius 1 is 1.50 bits per heavy atom. The average molecular weight is 319 g/mol. The molecule has 0 fully saturated rings. The van der Waals surface area contributed by atoms with E-state index in [4.69, 9.17) is 11.6 Å². The van der Waals surface area contributed by atoms with Crippen LogP contribution >= 0.6 is 11.6 Å². The number of unbranched alkanes of at least 4 members (excludes halogenated alkanes) is 1. The van der Waals surface area contributed by atoms with Crippen LogP contribution in [0.2, 0.25) is 5.15 Å². The van der Waals surface area contributed by atoms with Crippen molar-refractivity contribution in [1.29, 1.82) is 0 Å². The Balaban J connectivity index is 2.06. The number of amides is 1. The molecule has 0 radical (unpaired) electrons. The van der Waals surface area contributed by atoms with Gasteiger partial charge in [-0.05, 0) is 31.6 Å². The molecule has 1 N–H and O–H groups in total. The minimum Gasteiger partial charge on any atom is -0.321 e. The van der Waals surface area contributed by atoms with E-state index in [0.717, 1.165) is 30.6 Å². The van der Waals surface area contributed by atoms with Crippen LogP contribution in [-0.2, 0) is 11.3 Å². The van der Waals surface area contributed by atoms with E-state index in [1.165, 1.54) is 6.08 Å². The Hall–Kier alpha value is -2.14. The molecule has 0 saturated heterocycles. The lowest BCUT2D eigenvalue weighted by atomic mass is 10.2. The number of hydrogen-bond donors (Lipinski definition) is 1. The third kappa shape index (κ3) is 4.18. The van der Waals surface area contributed by atoms with Gasteiger partial charge in [0.15, 0.2) is 0 Å². The lowest BCUT2D eigenvalue weighted by molar-refractivity contribution is -0.111. The predicted molar refractivity (Wildman–Crippen MR) is 88.8 cm³/mol. The van der Waals surface area contributed by atoms with Gasteiger partial charge in [0.25, 0.3) is 0 Å². The molecule has 0 aliphatic rings. The molecule has 1 amide bonds. The van der Waals surface area contributed by atoms with Crippen molar-refractivity contribution in [3.8, 4) is 0 Å². The summed E-state index contributed by atoms with van der Waals surface area (Å²) in [6.07, 6.45) is 8.48. The van der Waals surface area contributed by atoms with Crippen LogP contribution in [0.4, 0.5) is 5.69 Å². The quantitative estimate of drug-likeness (QED) is 0.826. The van der Waals surface area contributed by atoms with Gasteiger partial charge in [0.05, 0.1) is 17.6 Å². The Morgan fingerprint density at radius 3 is 3.00 bits per heavy atom. The lowest BCUT2D eigenvalue weighted by Gasteiger charge is -2.01. The van der Waals surface area contributed by atoms with E-state index in [2.05, 4.69) is 22.3 Å². The van der Waals surface area contributed by atoms with Crippen molar-refractivity contribution in [3.63, 3.8) is 0 Å². The Labute approximate surface area is 135 Å². The Morgan fingerprint density at radius 2 is 2.32 bits per heavy atom. The minimum absolute atomic E-state index is 0.232. The number of hydrogen-bond acceptors (Lipinski definition) is 3. The van der Waals surface area contributed by atoms with Gasteiger partial charge in [0.1, 0.15) is 5.15 Å². The molecular weight excluding hydrogens is 300 g/mol. The smallest absolute Gasteiger partial charge is 0.248 e. The van der Waals surface area contributed by atoms with Gasteiger partial charge in [-0.2, -0.15) is 5.10 Å². The number of pyridine rings is 1. The van der Waals surface area contributed by atoms with Crippen LogP contribution in [0.3, 0.4) is 0 Å². The molecule has 0 bridgehead atoms. The number of anilines is 1. The molecule has 0 spiro atoms. The molecule has 0 unspecified atom stereocenters. The first-order chi connectivity index (χ1) is 10.6. The van der Waals surface area contributed by atoms with Crippen molar-refractivity contribution in [1.82, 2.24) is 14.8 Å².